The van der Waals surface area contributed by atoms with Crippen LogP contribution in [0.4, 0.5) is 0 Å². The fraction of sp³-hybridized carbons (Fsp3) is 0.650. The van der Waals surface area contributed by atoms with Gasteiger partial charge in [0.2, 0.25) is 0 Å². The lowest BCUT2D eigenvalue weighted by atomic mass is 10.2. The summed E-state index contributed by atoms with van der Waals surface area (Å²) < 4.78 is 11.3. The van der Waals surface area contributed by atoms with Crippen LogP contribution in [0, 0.1) is 5.92 Å². The second-order valence-corrected chi connectivity index (χ2v) is 6.39. The molecule has 1 fully saturated rings. The molecule has 2 N–H and O–H groups in total. The van der Waals surface area contributed by atoms with Gasteiger partial charge in [-0.1, -0.05) is 18.2 Å². The van der Waals surface area contributed by atoms with Gasteiger partial charge in [-0.25, -0.2) is 4.99 Å². The number of ether oxygens (including phenoxy) is 2. The number of hydrogen-bond acceptors (Lipinski definition) is 3. The molecule has 0 saturated heterocycles. The average molecular weight is 475 g/mol. The van der Waals surface area contributed by atoms with E-state index in [1.54, 1.807) is 0 Å². The second-order valence-electron chi connectivity index (χ2n) is 6.39. The van der Waals surface area contributed by atoms with Gasteiger partial charge in [-0.15, -0.1) is 24.0 Å². The van der Waals surface area contributed by atoms with Crippen molar-refractivity contribution in [2.75, 3.05) is 32.9 Å². The maximum Gasteiger partial charge on any atom is 0.191 e. The highest BCUT2D eigenvalue weighted by atomic mass is 127. The molecule has 1 saturated carbocycles. The van der Waals surface area contributed by atoms with E-state index in [-0.39, 0.29) is 24.0 Å². The summed E-state index contributed by atoms with van der Waals surface area (Å²) in [6, 6.07) is 8.21. The van der Waals surface area contributed by atoms with Crippen LogP contribution in [0.15, 0.2) is 29.3 Å². The molecule has 6 heteroatoms. The smallest absolute Gasteiger partial charge is 0.191 e. The van der Waals surface area contributed by atoms with E-state index in [9.17, 15) is 0 Å². The van der Waals surface area contributed by atoms with Crippen molar-refractivity contribution in [3.63, 3.8) is 0 Å². The van der Waals surface area contributed by atoms with Gasteiger partial charge in [0, 0.05) is 31.9 Å². The van der Waals surface area contributed by atoms with Crippen molar-refractivity contribution in [2.45, 2.75) is 46.1 Å². The molecule has 1 aliphatic rings. The lowest BCUT2D eigenvalue weighted by molar-refractivity contribution is 0.143. The Kier molecular flexibility index (Phi) is 12.5. The van der Waals surface area contributed by atoms with Crippen molar-refractivity contribution < 1.29 is 9.47 Å². The van der Waals surface area contributed by atoms with Gasteiger partial charge in [0.05, 0.1) is 13.2 Å². The van der Waals surface area contributed by atoms with E-state index in [4.69, 9.17) is 14.5 Å². The molecular weight excluding hydrogens is 441 g/mol. The van der Waals surface area contributed by atoms with E-state index in [0.717, 1.165) is 68.9 Å². The number of unbranched alkanes of at least 4 members (excludes halogenated alkanes) is 1. The Morgan fingerprint density at radius 1 is 1.15 bits per heavy atom. The molecule has 0 unspecified atom stereocenters. The van der Waals surface area contributed by atoms with Crippen molar-refractivity contribution in [1.82, 2.24) is 10.6 Å². The van der Waals surface area contributed by atoms with Crippen LogP contribution in [-0.2, 0) is 11.3 Å². The zero-order valence-corrected chi connectivity index (χ0v) is 18.5. The molecule has 0 atom stereocenters. The number of hydrogen-bond donors (Lipinski definition) is 2. The Bertz CT molecular complexity index is 522. The topological polar surface area (TPSA) is 54.9 Å². The monoisotopic (exact) mass is 475 g/mol. The van der Waals surface area contributed by atoms with Gasteiger partial charge in [-0.3, -0.25) is 0 Å². The number of guanidine groups is 1. The minimum absolute atomic E-state index is 0. The molecule has 2 rings (SSSR count). The number of halogens is 1. The van der Waals surface area contributed by atoms with E-state index in [1.165, 1.54) is 12.8 Å². The summed E-state index contributed by atoms with van der Waals surface area (Å²) in [6.45, 7) is 8.94. The molecule has 5 nitrogen and oxygen atoms in total. The Balaban J connectivity index is 0.00000338. The summed E-state index contributed by atoms with van der Waals surface area (Å²) in [5.74, 6) is 2.58. The van der Waals surface area contributed by atoms with Crippen molar-refractivity contribution in [1.29, 1.82) is 0 Å². The Hall–Kier alpha value is -1.02. The first-order chi connectivity index (χ1) is 12.3. The zero-order valence-electron chi connectivity index (χ0n) is 16.1. The molecule has 0 radical (unpaired) electrons. The number of benzene rings is 1. The molecule has 0 aromatic heterocycles. The van der Waals surface area contributed by atoms with Crippen LogP contribution < -0.4 is 15.4 Å². The molecule has 1 aliphatic carbocycles. The summed E-state index contributed by atoms with van der Waals surface area (Å²) in [7, 11) is 0. The predicted octanol–water partition coefficient (Wildman–Crippen LogP) is 3.97. The first-order valence-corrected chi connectivity index (χ1v) is 9.64. The first kappa shape index (κ1) is 23.0. The fourth-order valence-electron chi connectivity index (χ4n) is 2.45. The number of nitrogens with zero attached hydrogens (tertiary/aromatic N) is 1. The lowest BCUT2D eigenvalue weighted by Gasteiger charge is -2.13. The maximum absolute atomic E-state index is 5.97. The number of para-hydroxylation sites is 1. The molecule has 0 aliphatic heterocycles. The summed E-state index contributed by atoms with van der Waals surface area (Å²) in [5.41, 5.74) is 1.14. The second kappa shape index (κ2) is 14.1. The molecule has 0 bridgehead atoms. The highest BCUT2D eigenvalue weighted by molar-refractivity contribution is 14.0. The molecule has 0 amide bonds. The van der Waals surface area contributed by atoms with Gasteiger partial charge >= 0.3 is 0 Å². The van der Waals surface area contributed by atoms with Gasteiger partial charge in [-0.2, -0.15) is 0 Å². The number of rotatable bonds is 12. The van der Waals surface area contributed by atoms with E-state index >= 15 is 0 Å². The normalized spacial score (nSPS) is 13.8. The highest BCUT2D eigenvalue weighted by Crippen LogP contribution is 2.30. The third kappa shape index (κ3) is 9.62. The van der Waals surface area contributed by atoms with Crippen molar-refractivity contribution in [3.05, 3.63) is 29.8 Å². The summed E-state index contributed by atoms with van der Waals surface area (Å²) in [6.07, 6.45) is 4.75. The van der Waals surface area contributed by atoms with E-state index in [0.29, 0.717) is 6.54 Å². The van der Waals surface area contributed by atoms with Crippen LogP contribution >= 0.6 is 24.0 Å². The van der Waals surface area contributed by atoms with Crippen LogP contribution in [0.3, 0.4) is 0 Å². The lowest BCUT2D eigenvalue weighted by Crippen LogP contribution is -2.37. The van der Waals surface area contributed by atoms with Crippen LogP contribution in [0.5, 0.6) is 5.75 Å². The van der Waals surface area contributed by atoms with Gasteiger partial charge in [0.1, 0.15) is 5.75 Å². The molecular formula is C20H34IN3O2. The van der Waals surface area contributed by atoms with Gasteiger partial charge in [-0.05, 0) is 51.5 Å². The predicted molar refractivity (Wildman–Crippen MR) is 119 cm³/mol. The van der Waals surface area contributed by atoms with Crippen molar-refractivity contribution >= 4 is 29.9 Å². The van der Waals surface area contributed by atoms with Crippen LogP contribution in [0.25, 0.3) is 0 Å². The molecule has 148 valence electrons. The molecule has 1 aromatic rings. The van der Waals surface area contributed by atoms with Crippen LogP contribution in [0.2, 0.25) is 0 Å². The standard InChI is InChI=1S/C20H33N3O2.HI/c1-3-21-20(22-13-7-8-14-24-4-2)23-15-18-9-5-6-10-19(18)25-16-17-11-12-17;/h5-6,9-10,17H,3-4,7-8,11-16H2,1-2H3,(H2,21,22,23);1H. The number of nitrogens with one attached hydrogen (secondary N) is 2. The zero-order chi connectivity index (χ0) is 17.7. The summed E-state index contributed by atoms with van der Waals surface area (Å²) in [5, 5.41) is 6.69. The van der Waals surface area contributed by atoms with Gasteiger partial charge in [0.15, 0.2) is 5.96 Å². The van der Waals surface area contributed by atoms with Crippen LogP contribution in [-0.4, -0.2) is 38.9 Å². The third-order valence-corrected chi connectivity index (χ3v) is 4.11. The van der Waals surface area contributed by atoms with E-state index < -0.39 is 0 Å². The Morgan fingerprint density at radius 2 is 1.96 bits per heavy atom. The largest absolute Gasteiger partial charge is 0.493 e. The maximum atomic E-state index is 5.97. The SMILES string of the molecule is CCNC(=NCc1ccccc1OCC1CC1)NCCCCOCC.I. The summed E-state index contributed by atoms with van der Waals surface area (Å²) >= 11 is 0. The van der Waals surface area contributed by atoms with E-state index in [1.807, 2.05) is 25.1 Å². The Morgan fingerprint density at radius 3 is 2.69 bits per heavy atom. The number of aliphatic imine (C=N–C) groups is 1. The molecule has 0 heterocycles. The minimum atomic E-state index is 0. The first-order valence-electron chi connectivity index (χ1n) is 9.64. The third-order valence-electron chi connectivity index (χ3n) is 4.11. The average Bonchev–Trinajstić information content (AvgIpc) is 3.46. The molecule has 26 heavy (non-hydrogen) atoms. The fourth-order valence-corrected chi connectivity index (χ4v) is 2.45. The Labute approximate surface area is 175 Å². The molecule has 1 aromatic carbocycles. The van der Waals surface area contributed by atoms with Crippen molar-refractivity contribution in [2.24, 2.45) is 10.9 Å². The summed E-state index contributed by atoms with van der Waals surface area (Å²) in [4.78, 5) is 4.70. The van der Waals surface area contributed by atoms with E-state index in [2.05, 4.69) is 23.6 Å². The highest BCUT2D eigenvalue weighted by Gasteiger charge is 2.22. The van der Waals surface area contributed by atoms with Crippen molar-refractivity contribution in [3.8, 4) is 5.75 Å². The van der Waals surface area contributed by atoms with Gasteiger partial charge < -0.3 is 20.1 Å². The van der Waals surface area contributed by atoms with Crippen LogP contribution in [0.1, 0.15) is 45.1 Å². The minimum Gasteiger partial charge on any atom is -0.493 e. The molecule has 0 spiro atoms. The van der Waals surface area contributed by atoms with Gasteiger partial charge in [0.25, 0.3) is 0 Å². The quantitative estimate of drug-likeness (QED) is 0.208.